The molecule has 18 heavy (non-hydrogen) atoms. The number of hydrogen-bond acceptors (Lipinski definition) is 4. The predicted octanol–water partition coefficient (Wildman–Crippen LogP) is -2.06. The highest BCUT2D eigenvalue weighted by Gasteiger charge is 2.33. The van der Waals surface area contributed by atoms with Crippen LogP contribution in [0.3, 0.4) is 0 Å². The lowest BCUT2D eigenvalue weighted by molar-refractivity contribution is -0.132. The van der Waals surface area contributed by atoms with Gasteiger partial charge in [-0.05, 0) is 19.4 Å². The summed E-state index contributed by atoms with van der Waals surface area (Å²) in [5, 5.41) is 5.94. The highest BCUT2D eigenvalue weighted by atomic mass is 16.2. The number of carbonyl (C=O) groups excluding carboxylic acids is 3. The van der Waals surface area contributed by atoms with Crippen molar-refractivity contribution >= 4 is 17.7 Å². The molecular formula is C11H18N4O3. The largest absolute Gasteiger partial charge is 0.368 e. The van der Waals surface area contributed by atoms with E-state index in [1.807, 2.05) is 0 Å². The van der Waals surface area contributed by atoms with Crippen LogP contribution in [0.15, 0.2) is 0 Å². The van der Waals surface area contributed by atoms with Crippen molar-refractivity contribution in [3.63, 3.8) is 0 Å². The SMILES string of the molecule is NC(=O)CN1C[C@H](NC(=O)[C@@H]2CCCN2)CC1=O. The second-order valence-electron chi connectivity index (χ2n) is 4.80. The first-order valence-corrected chi connectivity index (χ1v) is 6.16. The van der Waals surface area contributed by atoms with Gasteiger partial charge in [-0.3, -0.25) is 14.4 Å². The standard InChI is InChI=1S/C11H18N4O3/c12-9(16)6-15-5-7(4-10(15)17)14-11(18)8-2-1-3-13-8/h7-8,13H,1-6H2,(H2,12,16)(H,14,18)/t7-,8+/m1/s1. The minimum Gasteiger partial charge on any atom is -0.368 e. The Balaban J connectivity index is 1.82. The van der Waals surface area contributed by atoms with Crippen molar-refractivity contribution in [2.75, 3.05) is 19.6 Å². The van der Waals surface area contributed by atoms with Crippen LogP contribution in [0.2, 0.25) is 0 Å². The smallest absolute Gasteiger partial charge is 0.237 e. The van der Waals surface area contributed by atoms with Crippen LogP contribution in [0, 0.1) is 0 Å². The maximum Gasteiger partial charge on any atom is 0.237 e. The van der Waals surface area contributed by atoms with Crippen molar-refractivity contribution in [2.24, 2.45) is 5.73 Å². The van der Waals surface area contributed by atoms with Gasteiger partial charge in [-0.2, -0.15) is 0 Å². The molecule has 2 aliphatic rings. The predicted molar refractivity (Wildman–Crippen MR) is 63.3 cm³/mol. The molecule has 7 nitrogen and oxygen atoms in total. The average molecular weight is 254 g/mol. The van der Waals surface area contributed by atoms with E-state index in [1.165, 1.54) is 4.90 Å². The first-order valence-electron chi connectivity index (χ1n) is 6.16. The molecule has 0 bridgehead atoms. The fraction of sp³-hybridized carbons (Fsp3) is 0.727. The highest BCUT2D eigenvalue weighted by molar-refractivity contribution is 5.87. The van der Waals surface area contributed by atoms with Gasteiger partial charge in [0.1, 0.15) is 0 Å². The molecule has 0 unspecified atom stereocenters. The highest BCUT2D eigenvalue weighted by Crippen LogP contribution is 2.12. The molecule has 2 heterocycles. The Morgan fingerprint density at radius 2 is 2.28 bits per heavy atom. The van der Waals surface area contributed by atoms with E-state index >= 15 is 0 Å². The number of amides is 3. The fourth-order valence-electron chi connectivity index (χ4n) is 2.42. The van der Waals surface area contributed by atoms with Crippen molar-refractivity contribution in [1.82, 2.24) is 15.5 Å². The second kappa shape index (κ2) is 5.34. The average Bonchev–Trinajstić information content (AvgIpc) is 2.89. The van der Waals surface area contributed by atoms with Gasteiger partial charge in [-0.1, -0.05) is 0 Å². The lowest BCUT2D eigenvalue weighted by Crippen LogP contribution is -2.46. The van der Waals surface area contributed by atoms with Gasteiger partial charge in [-0.25, -0.2) is 0 Å². The summed E-state index contributed by atoms with van der Waals surface area (Å²) in [5.74, 6) is -0.738. The summed E-state index contributed by atoms with van der Waals surface area (Å²) >= 11 is 0. The normalized spacial score (nSPS) is 27.6. The Morgan fingerprint density at radius 1 is 1.50 bits per heavy atom. The number of primary amides is 1. The van der Waals surface area contributed by atoms with Gasteiger partial charge >= 0.3 is 0 Å². The summed E-state index contributed by atoms with van der Waals surface area (Å²) in [5.41, 5.74) is 5.05. The summed E-state index contributed by atoms with van der Waals surface area (Å²) in [6.07, 6.45) is 2.07. The first-order chi connectivity index (χ1) is 8.56. The maximum atomic E-state index is 11.8. The van der Waals surface area contributed by atoms with E-state index in [-0.39, 0.29) is 36.9 Å². The summed E-state index contributed by atoms with van der Waals surface area (Å²) in [6.45, 7) is 1.14. The summed E-state index contributed by atoms with van der Waals surface area (Å²) in [7, 11) is 0. The van der Waals surface area contributed by atoms with E-state index in [9.17, 15) is 14.4 Å². The van der Waals surface area contributed by atoms with E-state index in [0.717, 1.165) is 19.4 Å². The van der Waals surface area contributed by atoms with Gasteiger partial charge in [0, 0.05) is 13.0 Å². The molecule has 100 valence electrons. The Morgan fingerprint density at radius 3 is 2.89 bits per heavy atom. The van der Waals surface area contributed by atoms with Crippen LogP contribution in [0.4, 0.5) is 0 Å². The number of nitrogens with two attached hydrogens (primary N) is 1. The topological polar surface area (TPSA) is 105 Å². The number of nitrogens with zero attached hydrogens (tertiary/aromatic N) is 1. The Bertz CT molecular complexity index is 365. The fourth-order valence-corrected chi connectivity index (χ4v) is 2.42. The van der Waals surface area contributed by atoms with Gasteiger partial charge in [0.25, 0.3) is 0 Å². The molecule has 0 aliphatic carbocycles. The Kier molecular flexibility index (Phi) is 3.81. The number of nitrogens with one attached hydrogen (secondary N) is 2. The van der Waals surface area contributed by atoms with E-state index in [0.29, 0.717) is 6.54 Å². The zero-order valence-corrected chi connectivity index (χ0v) is 10.1. The lowest BCUT2D eigenvalue weighted by Gasteiger charge is -2.17. The quantitative estimate of drug-likeness (QED) is 0.536. The van der Waals surface area contributed by atoms with Gasteiger partial charge < -0.3 is 21.3 Å². The molecule has 0 spiro atoms. The molecule has 4 N–H and O–H groups in total. The molecule has 0 radical (unpaired) electrons. The van der Waals surface area contributed by atoms with E-state index in [4.69, 9.17) is 5.73 Å². The van der Waals surface area contributed by atoms with Crippen molar-refractivity contribution < 1.29 is 14.4 Å². The molecular weight excluding hydrogens is 236 g/mol. The molecule has 2 atom stereocenters. The van der Waals surface area contributed by atoms with Crippen LogP contribution in [0.25, 0.3) is 0 Å². The van der Waals surface area contributed by atoms with Gasteiger partial charge in [0.05, 0.1) is 18.6 Å². The minimum atomic E-state index is -0.534. The van der Waals surface area contributed by atoms with E-state index < -0.39 is 5.91 Å². The zero-order chi connectivity index (χ0) is 13.1. The first kappa shape index (κ1) is 12.8. The molecule has 0 aromatic rings. The van der Waals surface area contributed by atoms with Crippen LogP contribution in [0.5, 0.6) is 0 Å². The van der Waals surface area contributed by atoms with Crippen molar-refractivity contribution in [2.45, 2.75) is 31.3 Å². The van der Waals surface area contributed by atoms with Crippen LogP contribution in [-0.4, -0.2) is 54.3 Å². The maximum absolute atomic E-state index is 11.8. The van der Waals surface area contributed by atoms with Gasteiger partial charge in [-0.15, -0.1) is 0 Å². The third-order valence-corrected chi connectivity index (χ3v) is 3.28. The van der Waals surface area contributed by atoms with Crippen LogP contribution in [-0.2, 0) is 14.4 Å². The van der Waals surface area contributed by atoms with Crippen molar-refractivity contribution in [3.8, 4) is 0 Å². The number of hydrogen-bond donors (Lipinski definition) is 3. The van der Waals surface area contributed by atoms with E-state index in [2.05, 4.69) is 10.6 Å². The number of carbonyl (C=O) groups is 3. The summed E-state index contributed by atoms with van der Waals surface area (Å²) in [4.78, 5) is 35.6. The van der Waals surface area contributed by atoms with Crippen molar-refractivity contribution in [1.29, 1.82) is 0 Å². The molecule has 0 aromatic carbocycles. The lowest BCUT2D eigenvalue weighted by atomic mass is 10.2. The van der Waals surface area contributed by atoms with Crippen LogP contribution < -0.4 is 16.4 Å². The molecule has 2 fully saturated rings. The molecule has 3 amide bonds. The minimum absolute atomic E-state index is 0.0637. The molecule has 2 aliphatic heterocycles. The summed E-state index contributed by atoms with van der Waals surface area (Å²) < 4.78 is 0. The second-order valence-corrected chi connectivity index (χ2v) is 4.80. The van der Waals surface area contributed by atoms with Crippen molar-refractivity contribution in [3.05, 3.63) is 0 Å². The molecule has 0 saturated carbocycles. The summed E-state index contributed by atoms with van der Waals surface area (Å²) in [6, 6.07) is -0.364. The number of rotatable bonds is 4. The third kappa shape index (κ3) is 2.98. The Hall–Kier alpha value is -1.63. The number of likely N-dealkylation sites (tertiary alicyclic amines) is 1. The zero-order valence-electron chi connectivity index (χ0n) is 10.1. The molecule has 2 saturated heterocycles. The van der Waals surface area contributed by atoms with Gasteiger partial charge in [0.15, 0.2) is 0 Å². The third-order valence-electron chi connectivity index (χ3n) is 3.28. The monoisotopic (exact) mass is 254 g/mol. The molecule has 7 heteroatoms. The van der Waals surface area contributed by atoms with Crippen LogP contribution in [0.1, 0.15) is 19.3 Å². The van der Waals surface area contributed by atoms with Gasteiger partial charge in [0.2, 0.25) is 17.7 Å². The Labute approximate surface area is 105 Å². The van der Waals surface area contributed by atoms with E-state index in [1.54, 1.807) is 0 Å². The molecule has 0 aromatic heterocycles. The molecule has 2 rings (SSSR count). The van der Waals surface area contributed by atoms with Crippen LogP contribution >= 0.6 is 0 Å².